The van der Waals surface area contributed by atoms with Crippen molar-refractivity contribution in [3.8, 4) is 5.75 Å². The van der Waals surface area contributed by atoms with Crippen molar-refractivity contribution in [3.63, 3.8) is 0 Å². The van der Waals surface area contributed by atoms with Crippen LogP contribution >= 0.6 is 11.8 Å². The van der Waals surface area contributed by atoms with Gasteiger partial charge in [0.2, 0.25) is 5.91 Å². The van der Waals surface area contributed by atoms with E-state index in [2.05, 4.69) is 0 Å². The smallest absolute Gasteiger partial charge is 0.305 e. The van der Waals surface area contributed by atoms with Gasteiger partial charge in [0.05, 0.1) is 25.0 Å². The fourth-order valence-electron chi connectivity index (χ4n) is 1.99. The summed E-state index contributed by atoms with van der Waals surface area (Å²) in [5.41, 5.74) is 1.49. The van der Waals surface area contributed by atoms with Gasteiger partial charge < -0.3 is 14.7 Å². The summed E-state index contributed by atoms with van der Waals surface area (Å²) in [7, 11) is 1.57. The zero-order valence-electron chi connectivity index (χ0n) is 11.0. The fraction of sp³-hybridized carbons (Fsp3) is 0.286. The number of benzene rings is 1. The van der Waals surface area contributed by atoms with Crippen LogP contribution in [0.4, 0.5) is 0 Å². The first-order valence-corrected chi connectivity index (χ1v) is 7.15. The van der Waals surface area contributed by atoms with Crippen molar-refractivity contribution in [1.29, 1.82) is 0 Å². The average molecular weight is 293 g/mol. The van der Waals surface area contributed by atoms with E-state index in [0.29, 0.717) is 17.2 Å². The number of methoxy groups -OCH3 is 1. The molecule has 0 saturated heterocycles. The van der Waals surface area contributed by atoms with Gasteiger partial charge in [-0.25, -0.2) is 0 Å². The van der Waals surface area contributed by atoms with E-state index >= 15 is 0 Å². The Kier molecular flexibility index (Phi) is 4.68. The molecule has 1 aromatic rings. The Labute approximate surface area is 121 Å². The van der Waals surface area contributed by atoms with Crippen LogP contribution in [0, 0.1) is 0 Å². The summed E-state index contributed by atoms with van der Waals surface area (Å²) in [5, 5.41) is 10.7. The predicted octanol–water partition coefficient (Wildman–Crippen LogP) is 2.04. The zero-order valence-corrected chi connectivity index (χ0v) is 11.9. The molecule has 0 spiro atoms. The van der Waals surface area contributed by atoms with Gasteiger partial charge in [0.25, 0.3) is 0 Å². The second-order valence-electron chi connectivity index (χ2n) is 4.20. The van der Waals surface area contributed by atoms with Gasteiger partial charge in [0.15, 0.2) is 0 Å². The van der Waals surface area contributed by atoms with Crippen LogP contribution in [-0.4, -0.2) is 41.3 Å². The van der Waals surface area contributed by atoms with Crippen molar-refractivity contribution >= 4 is 29.3 Å². The highest BCUT2D eigenvalue weighted by atomic mass is 32.2. The highest BCUT2D eigenvalue weighted by Crippen LogP contribution is 2.33. The summed E-state index contributed by atoms with van der Waals surface area (Å²) < 4.78 is 5.30. The molecule has 106 valence electrons. The van der Waals surface area contributed by atoms with Gasteiger partial charge in [-0.2, -0.15) is 0 Å². The number of hydrogen-bond donors (Lipinski definition) is 1. The number of nitrogens with zero attached hydrogens (tertiary/aromatic N) is 1. The summed E-state index contributed by atoms with van der Waals surface area (Å²) in [6, 6.07) is 7.38. The van der Waals surface area contributed by atoms with E-state index in [-0.39, 0.29) is 18.9 Å². The number of carboxylic acids is 1. The van der Waals surface area contributed by atoms with Gasteiger partial charge in [-0.15, -0.1) is 11.8 Å². The molecule has 0 atom stereocenters. The van der Waals surface area contributed by atoms with Crippen LogP contribution in [0.25, 0.3) is 5.70 Å². The summed E-state index contributed by atoms with van der Waals surface area (Å²) in [6.45, 7) is 0.165. The molecule has 6 heteroatoms. The van der Waals surface area contributed by atoms with Gasteiger partial charge in [-0.1, -0.05) is 12.1 Å². The lowest BCUT2D eigenvalue weighted by molar-refractivity contribution is -0.137. The van der Waals surface area contributed by atoms with Crippen molar-refractivity contribution in [2.75, 3.05) is 19.4 Å². The highest BCUT2D eigenvalue weighted by molar-refractivity contribution is 8.03. The number of hydrogen-bond acceptors (Lipinski definition) is 4. The lowest BCUT2D eigenvalue weighted by Crippen LogP contribution is -2.34. The second kappa shape index (κ2) is 6.47. The number of rotatable bonds is 5. The molecule has 1 aliphatic rings. The van der Waals surface area contributed by atoms with E-state index in [1.807, 2.05) is 29.7 Å². The maximum absolute atomic E-state index is 12.0. The average Bonchev–Trinajstić information content (AvgIpc) is 2.45. The van der Waals surface area contributed by atoms with Crippen LogP contribution in [0.2, 0.25) is 0 Å². The summed E-state index contributed by atoms with van der Waals surface area (Å²) in [6.07, 6.45) is -0.0805. The molecule has 1 heterocycles. The third kappa shape index (κ3) is 3.14. The number of amides is 1. The number of carbonyl (C=O) groups is 2. The lowest BCUT2D eigenvalue weighted by atomic mass is 10.1. The molecule has 1 N–H and O–H groups in total. The molecular formula is C14H15NO4S. The molecule has 0 aliphatic carbocycles. The van der Waals surface area contributed by atoms with Crippen LogP contribution in [0.3, 0.4) is 0 Å². The van der Waals surface area contributed by atoms with Crippen molar-refractivity contribution < 1.29 is 19.4 Å². The van der Waals surface area contributed by atoms with Gasteiger partial charge in [0.1, 0.15) is 5.75 Å². The van der Waals surface area contributed by atoms with Crippen LogP contribution in [0.15, 0.2) is 29.7 Å². The zero-order chi connectivity index (χ0) is 14.5. The normalized spacial score (nSPS) is 14.9. The number of carbonyl (C=O) groups excluding carboxylic acids is 1. The lowest BCUT2D eigenvalue weighted by Gasteiger charge is -2.28. The van der Waals surface area contributed by atoms with Gasteiger partial charge in [-0.05, 0) is 17.5 Å². The largest absolute Gasteiger partial charge is 0.496 e. The van der Waals surface area contributed by atoms with Crippen molar-refractivity contribution in [3.05, 3.63) is 35.2 Å². The quantitative estimate of drug-likeness (QED) is 0.900. The molecule has 0 aromatic heterocycles. The third-order valence-corrected chi connectivity index (χ3v) is 3.73. The first-order valence-electron chi connectivity index (χ1n) is 6.11. The van der Waals surface area contributed by atoms with Gasteiger partial charge in [-0.3, -0.25) is 9.59 Å². The highest BCUT2D eigenvalue weighted by Gasteiger charge is 2.25. The van der Waals surface area contributed by atoms with E-state index in [4.69, 9.17) is 9.84 Å². The Balaban J connectivity index is 2.33. The van der Waals surface area contributed by atoms with Crippen molar-refractivity contribution in [1.82, 2.24) is 4.90 Å². The Morgan fingerprint density at radius 3 is 2.90 bits per heavy atom. The number of para-hydroxylation sites is 1. The molecule has 1 aliphatic heterocycles. The van der Waals surface area contributed by atoms with E-state index < -0.39 is 5.97 Å². The predicted molar refractivity (Wildman–Crippen MR) is 77.4 cm³/mol. The minimum Gasteiger partial charge on any atom is -0.496 e. The molecule has 5 nitrogen and oxygen atoms in total. The number of carboxylic acid groups (broad SMARTS) is 1. The monoisotopic (exact) mass is 293 g/mol. The van der Waals surface area contributed by atoms with Crippen LogP contribution in [0.1, 0.15) is 12.0 Å². The minimum atomic E-state index is -0.921. The third-order valence-electron chi connectivity index (χ3n) is 2.93. The maximum atomic E-state index is 12.0. The Hall–Kier alpha value is -1.95. The fourth-order valence-corrected chi connectivity index (χ4v) is 2.78. The van der Waals surface area contributed by atoms with E-state index in [0.717, 1.165) is 5.56 Å². The van der Waals surface area contributed by atoms with Gasteiger partial charge in [0, 0.05) is 12.1 Å². The Bertz CT molecular complexity index is 556. The standard InChI is InChI=1S/C14H15NO4S/c1-19-12-5-3-2-4-10(12)11-8-20-9-13(16)15(11)7-6-14(17)18/h2-5,8H,6-7,9H2,1H3,(H,17,18). The van der Waals surface area contributed by atoms with E-state index in [1.54, 1.807) is 7.11 Å². The van der Waals surface area contributed by atoms with Gasteiger partial charge >= 0.3 is 5.97 Å². The topological polar surface area (TPSA) is 66.8 Å². The van der Waals surface area contributed by atoms with Crippen LogP contribution < -0.4 is 4.74 Å². The summed E-state index contributed by atoms with van der Waals surface area (Å²) >= 11 is 1.41. The van der Waals surface area contributed by atoms with Crippen molar-refractivity contribution in [2.45, 2.75) is 6.42 Å². The SMILES string of the molecule is COc1ccccc1C1=CSCC(=O)N1CCC(=O)O. The second-order valence-corrected chi connectivity index (χ2v) is 5.06. The molecule has 0 fully saturated rings. The molecule has 0 unspecified atom stereocenters. The Morgan fingerprint density at radius 1 is 1.45 bits per heavy atom. The molecule has 0 radical (unpaired) electrons. The molecule has 1 aromatic carbocycles. The maximum Gasteiger partial charge on any atom is 0.305 e. The number of thioether (sulfide) groups is 1. The summed E-state index contributed by atoms with van der Waals surface area (Å²) in [5.74, 6) is -0.0115. The summed E-state index contributed by atoms with van der Waals surface area (Å²) in [4.78, 5) is 24.3. The molecule has 0 saturated carbocycles. The van der Waals surface area contributed by atoms with Crippen LogP contribution in [-0.2, 0) is 9.59 Å². The first kappa shape index (κ1) is 14.5. The minimum absolute atomic E-state index is 0.0805. The van der Waals surface area contributed by atoms with E-state index in [9.17, 15) is 9.59 Å². The van der Waals surface area contributed by atoms with Crippen molar-refractivity contribution in [2.24, 2.45) is 0 Å². The van der Waals surface area contributed by atoms with Crippen LogP contribution in [0.5, 0.6) is 5.75 Å². The first-order chi connectivity index (χ1) is 9.63. The number of ether oxygens (including phenoxy) is 1. The molecule has 2 rings (SSSR count). The number of aliphatic carboxylic acids is 1. The Morgan fingerprint density at radius 2 is 2.20 bits per heavy atom. The van der Waals surface area contributed by atoms with E-state index in [1.165, 1.54) is 16.7 Å². The molecule has 0 bridgehead atoms. The molecule has 1 amide bonds. The molecular weight excluding hydrogens is 278 g/mol. The molecule has 20 heavy (non-hydrogen) atoms.